The first-order valence-corrected chi connectivity index (χ1v) is 6.35. The monoisotopic (exact) mass is 296 g/mol. The minimum absolute atomic E-state index is 0. The van der Waals surface area contributed by atoms with Crippen LogP contribution in [0.1, 0.15) is 11.5 Å². The van der Waals surface area contributed by atoms with Crippen molar-refractivity contribution in [1.82, 2.24) is 0 Å². The summed E-state index contributed by atoms with van der Waals surface area (Å²) in [5.74, 6) is 0.159. The van der Waals surface area contributed by atoms with Gasteiger partial charge in [-0.15, -0.1) is 5.56 Å². The molecule has 0 spiro atoms. The Morgan fingerprint density at radius 3 is 1.40 bits per heavy atom. The predicted octanol–water partition coefficient (Wildman–Crippen LogP) is 5.25. The molecule has 3 rings (SSSR count). The molecule has 0 aromatic heterocycles. The number of hydrogen-bond acceptors (Lipinski definition) is 0. The van der Waals surface area contributed by atoms with Gasteiger partial charge in [-0.1, -0.05) is 30.3 Å². The molecule has 0 unspecified atom stereocenters. The Morgan fingerprint density at radius 1 is 0.700 bits per heavy atom. The van der Waals surface area contributed by atoms with Crippen LogP contribution in [0.25, 0.3) is 0 Å². The van der Waals surface area contributed by atoms with Gasteiger partial charge in [-0.2, -0.15) is 18.2 Å². The largest absolute Gasteiger partial charge is 0.748 e. The van der Waals surface area contributed by atoms with Gasteiger partial charge in [0.2, 0.25) is 0 Å². The van der Waals surface area contributed by atoms with Gasteiger partial charge in [0.15, 0.2) is 0 Å². The van der Waals surface area contributed by atoms with E-state index < -0.39 is 0 Å². The maximum atomic E-state index is 3.80. The Kier molecular flexibility index (Phi) is 11.8. The fourth-order valence-electron chi connectivity index (χ4n) is 1.37. The molecule has 0 fully saturated rings. The average molecular weight is 296 g/mol. The molecule has 0 saturated heterocycles. The van der Waals surface area contributed by atoms with Crippen LogP contribution in [0, 0.1) is 13.8 Å². The Labute approximate surface area is 138 Å². The third-order valence-corrected chi connectivity index (χ3v) is 2.38. The molecule has 3 aromatic carbocycles. The van der Waals surface area contributed by atoms with Gasteiger partial charge in [-0.05, 0) is 0 Å². The number of rotatable bonds is 1. The van der Waals surface area contributed by atoms with E-state index in [-0.39, 0.29) is 27.6 Å². The fourth-order valence-corrected chi connectivity index (χ4v) is 1.37. The van der Waals surface area contributed by atoms with Crippen molar-refractivity contribution in [2.24, 2.45) is 0 Å². The summed E-state index contributed by atoms with van der Waals surface area (Å²) in [7, 11) is 0. The van der Waals surface area contributed by atoms with E-state index in [1.54, 1.807) is 0 Å². The van der Waals surface area contributed by atoms with Gasteiger partial charge >= 0.3 is 0 Å². The standard InChI is InChI=1S/C9H10.2C5H5.Ti/c1-8(2)9-6-4-3-5-7-9;2*1-2-4-5-3-1;/h3-8H,1-2H2;2*1-5H;/q-2;-5;-1;. The minimum Gasteiger partial charge on any atom is -0.748 e. The molecule has 20 heavy (non-hydrogen) atoms. The van der Waals surface area contributed by atoms with E-state index in [1.807, 2.05) is 91.0 Å². The van der Waals surface area contributed by atoms with Crippen molar-refractivity contribution in [3.05, 3.63) is 110 Å². The zero-order valence-corrected chi connectivity index (χ0v) is 13.2. The van der Waals surface area contributed by atoms with Gasteiger partial charge in [0.05, 0.1) is 0 Å². The molecule has 0 atom stereocenters. The Bertz CT molecular complexity index is 403. The molecule has 1 heteroatoms. The number of hydrogen-bond donors (Lipinski definition) is 0. The van der Waals surface area contributed by atoms with Crippen LogP contribution < -0.4 is 0 Å². The predicted molar refractivity (Wildman–Crippen MR) is 84.0 cm³/mol. The first-order valence-electron chi connectivity index (χ1n) is 6.35. The van der Waals surface area contributed by atoms with Crippen molar-refractivity contribution >= 4 is 0 Å². The molecule has 0 amide bonds. The second kappa shape index (κ2) is 12.7. The maximum Gasteiger partial charge on any atom is 0 e. The van der Waals surface area contributed by atoms with Gasteiger partial charge in [0.1, 0.15) is 0 Å². The summed E-state index contributed by atoms with van der Waals surface area (Å²) in [5, 5.41) is 0. The second-order valence-electron chi connectivity index (χ2n) is 4.03. The van der Waals surface area contributed by atoms with Crippen LogP contribution in [0.5, 0.6) is 0 Å². The smallest absolute Gasteiger partial charge is 0 e. The average Bonchev–Trinajstić information content (AvgIpc) is 3.18. The normalized spacial score (nSPS) is 8.55. The van der Waals surface area contributed by atoms with E-state index >= 15 is 0 Å². The van der Waals surface area contributed by atoms with Crippen LogP contribution in [-0.2, 0) is 21.7 Å². The van der Waals surface area contributed by atoms with Crippen LogP contribution in [0.3, 0.4) is 0 Å². The van der Waals surface area contributed by atoms with E-state index in [2.05, 4.69) is 13.8 Å². The molecule has 0 nitrogen and oxygen atoms in total. The molecule has 108 valence electrons. The van der Waals surface area contributed by atoms with Crippen LogP contribution in [0.15, 0.2) is 91.0 Å². The van der Waals surface area contributed by atoms with Crippen LogP contribution in [-0.4, -0.2) is 0 Å². The molecule has 3 aromatic rings. The SMILES string of the molecule is [CH2-]C([CH2-])c1ccccc1.[Ti].[cH-]1[cH-][cH-][cH-][cH-]1.c1cc[cH-]c1. The summed E-state index contributed by atoms with van der Waals surface area (Å²) in [6.07, 6.45) is 0. The summed E-state index contributed by atoms with van der Waals surface area (Å²) in [4.78, 5) is 0. The van der Waals surface area contributed by atoms with E-state index in [9.17, 15) is 0 Å². The summed E-state index contributed by atoms with van der Waals surface area (Å²) in [6.45, 7) is 7.60. The van der Waals surface area contributed by atoms with Gasteiger partial charge < -0.3 is 44.2 Å². The summed E-state index contributed by atoms with van der Waals surface area (Å²) in [5.41, 5.74) is 1.19. The zero-order valence-electron chi connectivity index (χ0n) is 11.7. The van der Waals surface area contributed by atoms with Gasteiger partial charge in [-0.3, -0.25) is 5.92 Å². The van der Waals surface area contributed by atoms with Gasteiger partial charge in [0, 0.05) is 21.7 Å². The molecule has 0 aliphatic heterocycles. The molecule has 0 aliphatic carbocycles. The van der Waals surface area contributed by atoms with Gasteiger partial charge in [0.25, 0.3) is 0 Å². The van der Waals surface area contributed by atoms with Gasteiger partial charge in [-0.25, -0.2) is 12.1 Å². The summed E-state index contributed by atoms with van der Waals surface area (Å²) >= 11 is 0. The molecule has 0 heterocycles. The Morgan fingerprint density at radius 2 is 1.15 bits per heavy atom. The summed E-state index contributed by atoms with van der Waals surface area (Å²) < 4.78 is 0. The molecule has 0 N–H and O–H groups in total. The minimum atomic E-state index is 0. The van der Waals surface area contributed by atoms with Crippen LogP contribution in [0.2, 0.25) is 0 Å². The van der Waals surface area contributed by atoms with E-state index in [0.29, 0.717) is 0 Å². The topological polar surface area (TPSA) is 0 Å². The fraction of sp³-hybridized carbons (Fsp3) is 0.0526. The molecular weight excluding hydrogens is 276 g/mol. The van der Waals surface area contributed by atoms with E-state index in [0.717, 1.165) is 0 Å². The first kappa shape index (κ1) is 18.6. The van der Waals surface area contributed by atoms with E-state index in [4.69, 9.17) is 0 Å². The Balaban J connectivity index is 0.000000282. The van der Waals surface area contributed by atoms with Crippen molar-refractivity contribution in [2.75, 3.05) is 0 Å². The molecular formula is C19H20Ti-8. The molecule has 0 radical (unpaired) electrons. The first-order chi connectivity index (χ1) is 9.30. The van der Waals surface area contributed by atoms with Crippen LogP contribution >= 0.6 is 0 Å². The summed E-state index contributed by atoms with van der Waals surface area (Å²) in [6, 6.07) is 30.1. The second-order valence-corrected chi connectivity index (χ2v) is 4.03. The quantitative estimate of drug-likeness (QED) is 0.425. The molecule has 0 bridgehead atoms. The third-order valence-electron chi connectivity index (χ3n) is 2.38. The van der Waals surface area contributed by atoms with Crippen molar-refractivity contribution < 1.29 is 21.7 Å². The van der Waals surface area contributed by atoms with Crippen LogP contribution in [0.4, 0.5) is 0 Å². The van der Waals surface area contributed by atoms with Crippen molar-refractivity contribution in [3.63, 3.8) is 0 Å². The third kappa shape index (κ3) is 9.55. The zero-order chi connectivity index (χ0) is 13.8. The number of benzene rings is 1. The maximum absolute atomic E-state index is 3.80. The van der Waals surface area contributed by atoms with E-state index in [1.165, 1.54) is 5.56 Å². The molecule has 0 saturated carbocycles. The van der Waals surface area contributed by atoms with Crippen molar-refractivity contribution in [1.29, 1.82) is 0 Å². The molecule has 0 aliphatic rings. The Hall–Kier alpha value is -1.37. The van der Waals surface area contributed by atoms with Crippen molar-refractivity contribution in [3.8, 4) is 0 Å². The van der Waals surface area contributed by atoms with Crippen molar-refractivity contribution in [2.45, 2.75) is 5.92 Å².